The number of alkyl halides is 2. The Balaban J connectivity index is 2.39. The van der Waals surface area contributed by atoms with Gasteiger partial charge in [-0.1, -0.05) is 0 Å². The summed E-state index contributed by atoms with van der Waals surface area (Å²) in [6.45, 7) is 0. The zero-order chi connectivity index (χ0) is 5.49. The molecule has 0 bridgehead atoms. The van der Waals surface area contributed by atoms with Gasteiger partial charge in [0.15, 0.2) is 0 Å². The highest BCUT2D eigenvalue weighted by atomic mass is 32.3. The van der Waals surface area contributed by atoms with Crippen LogP contribution in [0, 0.1) is 0 Å². The molecule has 0 aromatic rings. The standard InChI is InChI=1S/CH2F2O3S/c2-1(3)7(4)5-6-7/h1,4H. The van der Waals surface area contributed by atoms with Crippen molar-refractivity contribution in [1.29, 1.82) is 0 Å². The Morgan fingerprint density at radius 1 is 1.43 bits per heavy atom. The summed E-state index contributed by atoms with van der Waals surface area (Å²) in [5, 5.41) is 0. The average molecular weight is 132 g/mol. The van der Waals surface area contributed by atoms with Gasteiger partial charge in [0.2, 0.25) is 10.9 Å². The first-order valence-electron chi connectivity index (χ1n) is 1.35. The van der Waals surface area contributed by atoms with Crippen LogP contribution in [-0.2, 0) is 8.67 Å². The Bertz CT molecular complexity index is 81.0. The van der Waals surface area contributed by atoms with Gasteiger partial charge in [-0.2, -0.15) is 8.78 Å². The van der Waals surface area contributed by atoms with Gasteiger partial charge in [-0.25, -0.2) is 0 Å². The summed E-state index contributed by atoms with van der Waals surface area (Å²) >= 11 is 0. The lowest BCUT2D eigenvalue weighted by Gasteiger charge is -1.95. The fourth-order valence-corrected chi connectivity index (χ4v) is 0.434. The van der Waals surface area contributed by atoms with Crippen LogP contribution in [0.1, 0.15) is 0 Å². The minimum absolute atomic E-state index is 2.90. The summed E-state index contributed by atoms with van der Waals surface area (Å²) in [5.74, 6) is -2.90. The van der Waals surface area contributed by atoms with Gasteiger partial charge >= 0.3 is 5.76 Å². The third-order valence-corrected chi connectivity index (χ3v) is 1.30. The summed E-state index contributed by atoms with van der Waals surface area (Å²) in [4.78, 5) is 0. The Kier molecular flexibility index (Phi) is 0.959. The van der Waals surface area contributed by atoms with Gasteiger partial charge in [-0.3, -0.25) is 4.55 Å². The minimum Gasteiger partial charge on any atom is -0.300 e. The van der Waals surface area contributed by atoms with Crippen LogP contribution in [0.3, 0.4) is 0 Å². The lowest BCUT2D eigenvalue weighted by molar-refractivity contribution is 0.0850. The monoisotopic (exact) mass is 132 g/mol. The first kappa shape index (κ1) is 5.23. The van der Waals surface area contributed by atoms with Gasteiger partial charge in [0.1, 0.15) is 0 Å². The SMILES string of the molecule is OS1(C(F)F)OO1. The maximum Gasteiger partial charge on any atom is 0.338 e. The van der Waals surface area contributed by atoms with Gasteiger partial charge in [-0.05, 0) is 0 Å². The number of halogens is 2. The zero-order valence-corrected chi connectivity index (χ0v) is 3.82. The van der Waals surface area contributed by atoms with Crippen LogP contribution < -0.4 is 0 Å². The highest BCUT2D eigenvalue weighted by Crippen LogP contribution is 2.66. The third kappa shape index (κ3) is 0.828. The van der Waals surface area contributed by atoms with Crippen molar-refractivity contribution >= 4 is 10.9 Å². The molecule has 6 heteroatoms. The Morgan fingerprint density at radius 2 is 1.86 bits per heavy atom. The molecule has 1 aliphatic rings. The second-order valence-corrected chi connectivity index (χ2v) is 2.57. The van der Waals surface area contributed by atoms with Gasteiger partial charge in [0.25, 0.3) is 0 Å². The van der Waals surface area contributed by atoms with E-state index < -0.39 is 16.6 Å². The van der Waals surface area contributed by atoms with Crippen molar-refractivity contribution in [2.24, 2.45) is 0 Å². The topological polar surface area (TPSA) is 45.3 Å². The Hall–Kier alpha value is 0.0900. The highest BCUT2D eigenvalue weighted by Gasteiger charge is 2.51. The molecule has 0 amide bonds. The molecule has 0 atom stereocenters. The largest absolute Gasteiger partial charge is 0.338 e. The molecular weight excluding hydrogens is 130 g/mol. The van der Waals surface area contributed by atoms with Crippen molar-refractivity contribution in [2.75, 3.05) is 0 Å². The molecule has 0 unspecified atom stereocenters. The molecule has 1 rings (SSSR count). The average Bonchev–Trinajstić information content (AvgIpc) is 2.21. The van der Waals surface area contributed by atoms with Crippen LogP contribution in [0.5, 0.6) is 0 Å². The molecule has 0 aromatic carbocycles. The van der Waals surface area contributed by atoms with Crippen LogP contribution in [0.25, 0.3) is 0 Å². The van der Waals surface area contributed by atoms with Gasteiger partial charge in [0.05, 0.1) is 0 Å². The molecule has 0 aliphatic carbocycles. The van der Waals surface area contributed by atoms with E-state index >= 15 is 0 Å². The van der Waals surface area contributed by atoms with Crippen LogP contribution >= 0.6 is 10.9 Å². The van der Waals surface area contributed by atoms with Crippen LogP contribution in [0.15, 0.2) is 0 Å². The first-order chi connectivity index (χ1) is 3.15. The second kappa shape index (κ2) is 1.28. The van der Waals surface area contributed by atoms with Crippen molar-refractivity contribution in [3.8, 4) is 0 Å². The normalized spacial score (nSPS) is 30.3. The molecule has 0 spiro atoms. The summed E-state index contributed by atoms with van der Waals surface area (Å²) in [5.41, 5.74) is 0. The number of hydrogen-bond acceptors (Lipinski definition) is 3. The van der Waals surface area contributed by atoms with Crippen LogP contribution in [0.4, 0.5) is 8.78 Å². The summed E-state index contributed by atoms with van der Waals surface area (Å²) in [6, 6.07) is 0. The molecule has 44 valence electrons. The molecule has 1 fully saturated rings. The maximum absolute atomic E-state index is 11.1. The first-order valence-corrected chi connectivity index (χ1v) is 2.86. The lowest BCUT2D eigenvalue weighted by atomic mass is 11.7. The molecule has 1 aliphatic heterocycles. The van der Waals surface area contributed by atoms with E-state index in [-0.39, 0.29) is 0 Å². The van der Waals surface area contributed by atoms with Crippen molar-refractivity contribution in [3.05, 3.63) is 0 Å². The molecule has 0 aromatic heterocycles. The van der Waals surface area contributed by atoms with E-state index in [0.717, 1.165) is 0 Å². The summed E-state index contributed by atoms with van der Waals surface area (Å²) < 4.78 is 37.5. The van der Waals surface area contributed by atoms with E-state index in [0.29, 0.717) is 0 Å². The maximum atomic E-state index is 11.1. The summed E-state index contributed by atoms with van der Waals surface area (Å²) in [7, 11) is -3.32. The van der Waals surface area contributed by atoms with E-state index in [1.165, 1.54) is 0 Å². The van der Waals surface area contributed by atoms with Gasteiger partial charge < -0.3 is 0 Å². The van der Waals surface area contributed by atoms with E-state index in [1.807, 2.05) is 0 Å². The van der Waals surface area contributed by atoms with Crippen molar-refractivity contribution in [2.45, 2.75) is 5.76 Å². The molecular formula is CH2F2O3S. The molecule has 3 nitrogen and oxygen atoms in total. The Morgan fingerprint density at radius 3 is 1.86 bits per heavy atom. The zero-order valence-electron chi connectivity index (χ0n) is 3.01. The number of rotatable bonds is 1. The van der Waals surface area contributed by atoms with Crippen LogP contribution in [0.2, 0.25) is 0 Å². The van der Waals surface area contributed by atoms with Crippen LogP contribution in [-0.4, -0.2) is 10.3 Å². The lowest BCUT2D eigenvalue weighted by Crippen LogP contribution is -1.89. The Labute approximate surface area is 39.7 Å². The summed E-state index contributed by atoms with van der Waals surface area (Å²) in [6.07, 6.45) is 0. The van der Waals surface area contributed by atoms with Gasteiger partial charge in [0, 0.05) is 0 Å². The van der Waals surface area contributed by atoms with E-state index in [4.69, 9.17) is 4.55 Å². The third-order valence-electron chi connectivity index (χ3n) is 0.433. The smallest absolute Gasteiger partial charge is 0.300 e. The van der Waals surface area contributed by atoms with Crippen molar-refractivity contribution in [3.63, 3.8) is 0 Å². The van der Waals surface area contributed by atoms with Crippen molar-refractivity contribution in [1.82, 2.24) is 0 Å². The van der Waals surface area contributed by atoms with E-state index in [1.54, 1.807) is 0 Å². The van der Waals surface area contributed by atoms with E-state index in [9.17, 15) is 8.78 Å². The molecule has 1 N–H and O–H groups in total. The minimum atomic E-state index is -3.32. The van der Waals surface area contributed by atoms with E-state index in [2.05, 4.69) is 8.67 Å². The quantitative estimate of drug-likeness (QED) is 0.431. The predicted octanol–water partition coefficient (Wildman–Crippen LogP) is 1.28. The van der Waals surface area contributed by atoms with Crippen molar-refractivity contribution < 1.29 is 22.0 Å². The molecule has 0 radical (unpaired) electrons. The number of hydrogen-bond donors (Lipinski definition) is 1. The molecule has 1 saturated heterocycles. The molecule has 1 heterocycles. The second-order valence-electron chi connectivity index (χ2n) is 0.912. The fourth-order valence-electron chi connectivity index (χ4n) is 0.0879. The predicted molar refractivity (Wildman–Crippen MR) is 18.4 cm³/mol. The molecule has 7 heavy (non-hydrogen) atoms. The molecule has 0 saturated carbocycles. The van der Waals surface area contributed by atoms with Gasteiger partial charge in [-0.15, -0.1) is 8.67 Å². The highest BCUT2D eigenvalue weighted by molar-refractivity contribution is 8.24. The fraction of sp³-hybridized carbons (Fsp3) is 1.00.